The lowest BCUT2D eigenvalue weighted by Crippen LogP contribution is -2.16. The van der Waals surface area contributed by atoms with E-state index >= 15 is 0 Å². The van der Waals surface area contributed by atoms with Crippen molar-refractivity contribution < 1.29 is 0 Å². The van der Waals surface area contributed by atoms with Gasteiger partial charge in [0.15, 0.2) is 0 Å². The Kier molecular flexibility index (Phi) is 12.5. The van der Waals surface area contributed by atoms with Crippen LogP contribution in [0.1, 0.15) is 45.7 Å². The molecule has 2 aliphatic rings. The van der Waals surface area contributed by atoms with Gasteiger partial charge in [-0.3, -0.25) is 0 Å². The summed E-state index contributed by atoms with van der Waals surface area (Å²) in [5.74, 6) is 1.82. The predicted octanol–water partition coefficient (Wildman–Crippen LogP) is 3.93. The Morgan fingerprint density at radius 1 is 1.04 bits per heavy atom. The van der Waals surface area contributed by atoms with Gasteiger partial charge in [0.1, 0.15) is 0 Å². The minimum atomic E-state index is 0.823. The van der Waals surface area contributed by atoms with Crippen molar-refractivity contribution in [3.8, 4) is 0 Å². The number of aromatic nitrogens is 4. The van der Waals surface area contributed by atoms with Crippen molar-refractivity contribution in [1.29, 1.82) is 0 Å². The topological polar surface area (TPSA) is 53.0 Å². The zero-order valence-corrected chi connectivity index (χ0v) is 18.9. The zero-order chi connectivity index (χ0) is 20.8. The van der Waals surface area contributed by atoms with Crippen LogP contribution in [0.3, 0.4) is 0 Å². The Balaban J connectivity index is 0.000000213. The molecule has 4 rings (SSSR count). The first-order chi connectivity index (χ1) is 13.6. The normalized spacial score (nSPS) is 21.8. The molecule has 0 spiro atoms. The molecule has 2 atom stereocenters. The van der Waals surface area contributed by atoms with Gasteiger partial charge in [0, 0.05) is 43.9 Å². The van der Waals surface area contributed by atoms with Crippen LogP contribution in [0.15, 0.2) is 31.2 Å². The van der Waals surface area contributed by atoms with E-state index in [4.69, 9.17) is 0 Å². The molecular weight excluding hydrogens is 348 g/mol. The molecule has 2 aromatic heterocycles. The van der Waals surface area contributed by atoms with Crippen LogP contribution in [-0.2, 0) is 6.54 Å². The summed E-state index contributed by atoms with van der Waals surface area (Å²) < 4.78 is 2.17. The molecule has 0 unspecified atom stereocenters. The maximum absolute atomic E-state index is 4.03. The van der Waals surface area contributed by atoms with Gasteiger partial charge in [0.2, 0.25) is 0 Å². The number of imidazole rings is 2. The molecule has 0 amide bonds. The fourth-order valence-corrected chi connectivity index (χ4v) is 3.55. The summed E-state index contributed by atoms with van der Waals surface area (Å²) in [6.07, 6.45) is 13.3. The fraction of sp³-hybridized carbons (Fsp3) is 0.727. The number of hydrogen-bond donors (Lipinski definition) is 1. The summed E-state index contributed by atoms with van der Waals surface area (Å²) >= 11 is 0. The zero-order valence-electron chi connectivity index (χ0n) is 18.9. The molecule has 1 N–H and O–H groups in total. The molecule has 0 aromatic carbocycles. The van der Waals surface area contributed by atoms with Crippen LogP contribution in [0.4, 0.5) is 0 Å². The van der Waals surface area contributed by atoms with Crippen molar-refractivity contribution in [3.63, 3.8) is 0 Å². The van der Waals surface area contributed by atoms with Crippen LogP contribution in [0.2, 0.25) is 0 Å². The Bertz CT molecular complexity index is 566. The van der Waals surface area contributed by atoms with E-state index in [0.29, 0.717) is 0 Å². The molecule has 2 aliphatic heterocycles. The van der Waals surface area contributed by atoms with Gasteiger partial charge in [-0.2, -0.15) is 0 Å². The Labute approximate surface area is 172 Å². The molecule has 0 radical (unpaired) electrons. The lowest BCUT2D eigenvalue weighted by atomic mass is 10.1. The highest BCUT2D eigenvalue weighted by atomic mass is 15.1. The molecular formula is C22H42N6. The molecule has 28 heavy (non-hydrogen) atoms. The number of nitrogens with one attached hydrogen (secondary N) is 1. The summed E-state index contributed by atoms with van der Waals surface area (Å²) in [6.45, 7) is 14.5. The van der Waals surface area contributed by atoms with Gasteiger partial charge in [-0.1, -0.05) is 27.2 Å². The van der Waals surface area contributed by atoms with Gasteiger partial charge in [-0.05, 0) is 58.8 Å². The van der Waals surface area contributed by atoms with Crippen molar-refractivity contribution in [2.75, 3.05) is 40.3 Å². The van der Waals surface area contributed by atoms with Crippen molar-refractivity contribution in [2.24, 2.45) is 11.8 Å². The van der Waals surface area contributed by atoms with E-state index in [2.05, 4.69) is 50.3 Å². The van der Waals surface area contributed by atoms with Gasteiger partial charge in [0.25, 0.3) is 0 Å². The molecule has 4 heterocycles. The number of aryl methyl sites for hydroxylation is 1. The van der Waals surface area contributed by atoms with E-state index in [9.17, 15) is 0 Å². The van der Waals surface area contributed by atoms with E-state index < -0.39 is 0 Å². The first-order valence-electron chi connectivity index (χ1n) is 10.8. The van der Waals surface area contributed by atoms with E-state index in [0.717, 1.165) is 24.1 Å². The van der Waals surface area contributed by atoms with Crippen molar-refractivity contribution in [2.45, 2.75) is 53.5 Å². The molecule has 0 saturated carbocycles. The third kappa shape index (κ3) is 10.0. The summed E-state index contributed by atoms with van der Waals surface area (Å²) in [5, 5.41) is 0. The highest BCUT2D eigenvalue weighted by molar-refractivity contribution is 4.87. The van der Waals surface area contributed by atoms with Crippen LogP contribution >= 0.6 is 0 Å². The molecule has 2 fully saturated rings. The van der Waals surface area contributed by atoms with Gasteiger partial charge >= 0.3 is 0 Å². The molecule has 6 heteroatoms. The Morgan fingerprint density at radius 3 is 2.00 bits per heavy atom. The lowest BCUT2D eigenvalue weighted by molar-refractivity contribution is 0.378. The largest absolute Gasteiger partial charge is 0.349 e. The molecule has 2 saturated heterocycles. The molecule has 2 aromatic rings. The maximum atomic E-state index is 4.03. The minimum Gasteiger partial charge on any atom is -0.349 e. The summed E-state index contributed by atoms with van der Waals surface area (Å²) in [4.78, 5) is 15.5. The number of likely N-dealkylation sites (tertiary alicyclic amines) is 2. The van der Waals surface area contributed by atoms with Crippen molar-refractivity contribution in [1.82, 2.24) is 29.3 Å². The second-order valence-corrected chi connectivity index (χ2v) is 7.74. The first-order valence-corrected chi connectivity index (χ1v) is 10.8. The van der Waals surface area contributed by atoms with E-state index in [1.165, 1.54) is 45.4 Å². The third-order valence-electron chi connectivity index (χ3n) is 5.22. The second-order valence-electron chi connectivity index (χ2n) is 7.74. The monoisotopic (exact) mass is 390 g/mol. The summed E-state index contributed by atoms with van der Waals surface area (Å²) in [6, 6.07) is 0. The van der Waals surface area contributed by atoms with Crippen molar-refractivity contribution >= 4 is 0 Å². The number of nitrogens with zero attached hydrogens (tertiary/aromatic N) is 5. The summed E-state index contributed by atoms with van der Waals surface area (Å²) in [5.41, 5.74) is 1.11. The van der Waals surface area contributed by atoms with Gasteiger partial charge in [-0.15, -0.1) is 0 Å². The van der Waals surface area contributed by atoms with E-state index in [-0.39, 0.29) is 0 Å². The lowest BCUT2D eigenvalue weighted by Gasteiger charge is -2.10. The molecule has 0 aliphatic carbocycles. The van der Waals surface area contributed by atoms with Crippen LogP contribution in [0.5, 0.6) is 0 Å². The minimum absolute atomic E-state index is 0.823. The van der Waals surface area contributed by atoms with Crippen LogP contribution < -0.4 is 0 Å². The maximum Gasteiger partial charge on any atom is 0.0946 e. The number of H-pyrrole nitrogens is 1. The standard InChI is InChI=1S/C9H15N3.C7H15N.C4H6N2.C2H6/c1-11-4-2-9(6-11)7-12-5-3-10-8-12;1-3-7-4-5-8(2)6-7;1-4-2-5-3-6-4;1-2/h3,5,8-9H,2,4,6-7H2,1H3;7H,3-6H2,1-2H3;2-3H,1H3,(H,5,6);1-2H3/t9-;7-;;/m11../s1. The molecule has 0 bridgehead atoms. The smallest absolute Gasteiger partial charge is 0.0946 e. The van der Waals surface area contributed by atoms with Gasteiger partial charge in [0.05, 0.1) is 12.7 Å². The third-order valence-corrected chi connectivity index (χ3v) is 5.22. The summed E-state index contributed by atoms with van der Waals surface area (Å²) in [7, 11) is 4.39. The Hall–Kier alpha value is -1.66. The van der Waals surface area contributed by atoms with E-state index in [1.54, 1.807) is 12.5 Å². The fourth-order valence-electron chi connectivity index (χ4n) is 3.55. The first kappa shape index (κ1) is 24.4. The number of aromatic amines is 1. The van der Waals surface area contributed by atoms with Crippen molar-refractivity contribution in [3.05, 3.63) is 36.9 Å². The van der Waals surface area contributed by atoms with Crippen LogP contribution in [-0.4, -0.2) is 69.6 Å². The number of rotatable bonds is 3. The van der Waals surface area contributed by atoms with Crippen LogP contribution in [0.25, 0.3) is 0 Å². The predicted molar refractivity (Wildman–Crippen MR) is 118 cm³/mol. The second kappa shape index (κ2) is 14.4. The Morgan fingerprint density at radius 2 is 1.68 bits per heavy atom. The quantitative estimate of drug-likeness (QED) is 0.863. The highest BCUT2D eigenvalue weighted by Crippen LogP contribution is 2.16. The van der Waals surface area contributed by atoms with Gasteiger partial charge < -0.3 is 19.4 Å². The van der Waals surface area contributed by atoms with Crippen LogP contribution in [0, 0.1) is 18.8 Å². The average molecular weight is 391 g/mol. The SMILES string of the molecule is CC.CC[C@@H]1CCN(C)C1.CN1CC[C@@H](Cn2ccnc2)C1.Cc1cnc[nH]1. The molecule has 160 valence electrons. The van der Waals surface area contributed by atoms with E-state index in [1.807, 2.05) is 39.5 Å². The number of hydrogen-bond acceptors (Lipinski definition) is 4. The highest BCUT2D eigenvalue weighted by Gasteiger charge is 2.19. The average Bonchev–Trinajstić information content (AvgIpc) is 3.49. The molecule has 6 nitrogen and oxygen atoms in total. The van der Waals surface area contributed by atoms with Gasteiger partial charge in [-0.25, -0.2) is 9.97 Å².